The van der Waals surface area contributed by atoms with Crippen LogP contribution in [0.15, 0.2) is 0 Å². The van der Waals surface area contributed by atoms with E-state index in [1.165, 1.54) is 13.1 Å². The maximum atomic E-state index is 3.78. The van der Waals surface area contributed by atoms with Crippen LogP contribution in [0, 0.1) is 29.1 Å². The fourth-order valence-electron chi connectivity index (χ4n) is 5.60. The molecule has 1 N–H and O–H groups in total. The number of piperazine rings is 1. The lowest BCUT2D eigenvalue weighted by atomic mass is 9.84. The lowest BCUT2D eigenvalue weighted by molar-refractivity contribution is 0.0727. The van der Waals surface area contributed by atoms with Crippen LogP contribution in [-0.4, -0.2) is 36.1 Å². The summed E-state index contributed by atoms with van der Waals surface area (Å²) < 4.78 is 0. The number of fused-ring (bicyclic) bond motifs is 5. The van der Waals surface area contributed by atoms with E-state index < -0.39 is 0 Å². The first-order valence-electron chi connectivity index (χ1n) is 8.46. The molecular formula is C17H30N2. The number of nitrogens with zero attached hydrogens (tertiary/aromatic N) is 1. The third-order valence-electron chi connectivity index (χ3n) is 6.74. The highest BCUT2D eigenvalue weighted by Crippen LogP contribution is 2.67. The van der Waals surface area contributed by atoms with Gasteiger partial charge < -0.3 is 5.32 Å². The minimum absolute atomic E-state index is 0.390. The number of nitrogens with one attached hydrogen (secondary N) is 1. The Morgan fingerprint density at radius 3 is 2.26 bits per heavy atom. The van der Waals surface area contributed by atoms with Crippen molar-refractivity contribution in [3.8, 4) is 0 Å². The Morgan fingerprint density at radius 1 is 1.05 bits per heavy atom. The fourth-order valence-corrected chi connectivity index (χ4v) is 5.60. The normalized spacial score (nSPS) is 53.4. The Hall–Kier alpha value is -0.0800. The molecule has 0 spiro atoms. The van der Waals surface area contributed by atoms with Gasteiger partial charge in [0, 0.05) is 31.2 Å². The molecule has 0 amide bonds. The molecule has 108 valence electrons. The van der Waals surface area contributed by atoms with Crippen molar-refractivity contribution in [2.45, 2.75) is 65.1 Å². The molecule has 1 saturated heterocycles. The first-order chi connectivity index (χ1) is 8.97. The monoisotopic (exact) mass is 262 g/mol. The van der Waals surface area contributed by atoms with Gasteiger partial charge in [0.2, 0.25) is 0 Å². The lowest BCUT2D eigenvalue weighted by Gasteiger charge is -2.45. The maximum Gasteiger partial charge on any atom is 0.0244 e. The van der Waals surface area contributed by atoms with E-state index in [1.54, 1.807) is 19.3 Å². The zero-order valence-corrected chi connectivity index (χ0v) is 13.0. The number of hydrogen-bond donors (Lipinski definition) is 1. The molecule has 4 rings (SSSR count). The van der Waals surface area contributed by atoms with Crippen molar-refractivity contribution in [3.63, 3.8) is 0 Å². The smallest absolute Gasteiger partial charge is 0.0244 e. The van der Waals surface area contributed by atoms with Crippen LogP contribution in [0.3, 0.4) is 0 Å². The van der Waals surface area contributed by atoms with Crippen molar-refractivity contribution in [2.24, 2.45) is 29.1 Å². The lowest BCUT2D eigenvalue weighted by Crippen LogP contribution is -2.60. The third kappa shape index (κ3) is 1.82. The Bertz CT molecular complexity index is 356. The van der Waals surface area contributed by atoms with Gasteiger partial charge in [-0.3, -0.25) is 4.90 Å². The van der Waals surface area contributed by atoms with Crippen molar-refractivity contribution in [3.05, 3.63) is 0 Å². The summed E-state index contributed by atoms with van der Waals surface area (Å²) in [5, 5.41) is 3.78. The largest absolute Gasteiger partial charge is 0.311 e. The molecule has 0 aromatic rings. The second-order valence-electron chi connectivity index (χ2n) is 8.85. The van der Waals surface area contributed by atoms with Crippen LogP contribution in [0.2, 0.25) is 0 Å². The quantitative estimate of drug-likeness (QED) is 0.782. The minimum Gasteiger partial charge on any atom is -0.311 e. The molecule has 0 aromatic heterocycles. The van der Waals surface area contributed by atoms with E-state index >= 15 is 0 Å². The average molecular weight is 262 g/mol. The molecule has 1 aliphatic heterocycles. The van der Waals surface area contributed by atoms with Crippen molar-refractivity contribution in [1.29, 1.82) is 0 Å². The predicted octanol–water partition coefficient (Wildman–Crippen LogP) is 2.74. The van der Waals surface area contributed by atoms with Crippen molar-refractivity contribution in [2.75, 3.05) is 13.1 Å². The van der Waals surface area contributed by atoms with E-state index in [0.717, 1.165) is 35.8 Å². The summed E-state index contributed by atoms with van der Waals surface area (Å²) >= 11 is 0. The first-order valence-corrected chi connectivity index (χ1v) is 8.46. The molecule has 0 radical (unpaired) electrons. The van der Waals surface area contributed by atoms with Gasteiger partial charge in [-0.15, -0.1) is 0 Å². The van der Waals surface area contributed by atoms with Crippen molar-refractivity contribution >= 4 is 0 Å². The summed E-state index contributed by atoms with van der Waals surface area (Å²) in [7, 11) is 0. The van der Waals surface area contributed by atoms with Gasteiger partial charge in [0.15, 0.2) is 0 Å². The van der Waals surface area contributed by atoms with Gasteiger partial charge >= 0.3 is 0 Å². The number of hydrogen-bond acceptors (Lipinski definition) is 2. The summed E-state index contributed by atoms with van der Waals surface area (Å²) in [6, 6.07) is 2.38. The summed E-state index contributed by atoms with van der Waals surface area (Å²) in [6.45, 7) is 12.1. The zero-order valence-electron chi connectivity index (χ0n) is 13.0. The molecule has 4 fully saturated rings. The SMILES string of the molecule is CC1CNC(C(C)(C)C)CN1C1C2C3CCC(C3)C21. The Labute approximate surface area is 118 Å². The first kappa shape index (κ1) is 12.6. The molecule has 4 aliphatic rings. The second kappa shape index (κ2) is 3.98. The molecular weight excluding hydrogens is 232 g/mol. The minimum atomic E-state index is 0.390. The van der Waals surface area contributed by atoms with Crippen LogP contribution in [-0.2, 0) is 0 Å². The average Bonchev–Trinajstić information content (AvgIpc) is 2.76. The van der Waals surface area contributed by atoms with Gasteiger partial charge in [-0.2, -0.15) is 0 Å². The second-order valence-corrected chi connectivity index (χ2v) is 8.85. The van der Waals surface area contributed by atoms with Gasteiger partial charge in [0.05, 0.1) is 0 Å². The summed E-state index contributed by atoms with van der Waals surface area (Å²) in [5.74, 6) is 4.41. The molecule has 6 unspecified atom stereocenters. The molecule has 2 bridgehead atoms. The highest BCUT2D eigenvalue weighted by Gasteiger charge is 2.67. The van der Waals surface area contributed by atoms with Gasteiger partial charge in [-0.1, -0.05) is 20.8 Å². The molecule has 3 saturated carbocycles. The van der Waals surface area contributed by atoms with Crippen LogP contribution >= 0.6 is 0 Å². The van der Waals surface area contributed by atoms with E-state index in [4.69, 9.17) is 0 Å². The predicted molar refractivity (Wildman–Crippen MR) is 79.0 cm³/mol. The molecule has 19 heavy (non-hydrogen) atoms. The summed E-state index contributed by atoms with van der Waals surface area (Å²) in [5.41, 5.74) is 0.390. The highest BCUT2D eigenvalue weighted by atomic mass is 15.3. The van der Waals surface area contributed by atoms with Crippen LogP contribution in [0.4, 0.5) is 0 Å². The standard InChI is InChI=1S/C17H30N2/c1-10-8-18-13(17(2,3)4)9-19(10)16-14-11-5-6-12(7-11)15(14)16/h10-16,18H,5-9H2,1-4H3. The molecule has 1 heterocycles. The fraction of sp³-hybridized carbons (Fsp3) is 1.00. The molecule has 6 atom stereocenters. The van der Waals surface area contributed by atoms with Crippen LogP contribution in [0.5, 0.6) is 0 Å². The number of rotatable bonds is 1. The Kier molecular flexibility index (Phi) is 2.65. The summed E-state index contributed by atoms with van der Waals surface area (Å²) in [4.78, 5) is 2.90. The van der Waals surface area contributed by atoms with Gasteiger partial charge in [-0.05, 0) is 55.3 Å². The van der Waals surface area contributed by atoms with E-state index in [9.17, 15) is 0 Å². The van der Waals surface area contributed by atoms with Crippen LogP contribution in [0.25, 0.3) is 0 Å². The van der Waals surface area contributed by atoms with Gasteiger partial charge in [0.25, 0.3) is 0 Å². The maximum absolute atomic E-state index is 3.78. The van der Waals surface area contributed by atoms with Crippen LogP contribution < -0.4 is 5.32 Å². The van der Waals surface area contributed by atoms with E-state index in [-0.39, 0.29) is 0 Å². The third-order valence-corrected chi connectivity index (χ3v) is 6.74. The Balaban J connectivity index is 1.49. The highest BCUT2D eigenvalue weighted by molar-refractivity contribution is 5.18. The van der Waals surface area contributed by atoms with Crippen molar-refractivity contribution in [1.82, 2.24) is 10.2 Å². The van der Waals surface area contributed by atoms with E-state index in [0.29, 0.717) is 11.5 Å². The molecule has 2 nitrogen and oxygen atoms in total. The Morgan fingerprint density at radius 2 is 1.68 bits per heavy atom. The molecule has 2 heteroatoms. The van der Waals surface area contributed by atoms with Gasteiger partial charge in [-0.25, -0.2) is 0 Å². The van der Waals surface area contributed by atoms with E-state index in [2.05, 4.69) is 37.9 Å². The zero-order chi connectivity index (χ0) is 13.4. The van der Waals surface area contributed by atoms with Gasteiger partial charge in [0.1, 0.15) is 0 Å². The topological polar surface area (TPSA) is 15.3 Å². The van der Waals surface area contributed by atoms with Crippen LogP contribution in [0.1, 0.15) is 47.0 Å². The summed E-state index contributed by atoms with van der Waals surface area (Å²) in [6.07, 6.45) is 4.67. The van der Waals surface area contributed by atoms with E-state index in [1.807, 2.05) is 0 Å². The molecule has 0 aromatic carbocycles. The molecule has 3 aliphatic carbocycles. The van der Waals surface area contributed by atoms with Crippen molar-refractivity contribution < 1.29 is 0 Å².